The Kier molecular flexibility index (Phi) is 6.86. The van der Waals surface area contributed by atoms with Gasteiger partial charge in [-0.25, -0.2) is 4.39 Å². The van der Waals surface area contributed by atoms with Gasteiger partial charge in [-0.1, -0.05) is 12.1 Å². The van der Waals surface area contributed by atoms with Crippen molar-refractivity contribution in [2.45, 2.75) is 6.54 Å². The molecular weight excluding hydrogens is 229 g/mol. The number of hydrogen-bond donors (Lipinski definition) is 1. The van der Waals surface area contributed by atoms with E-state index >= 15 is 0 Å². The van der Waals surface area contributed by atoms with Crippen molar-refractivity contribution in [3.05, 3.63) is 35.6 Å². The lowest BCUT2D eigenvalue weighted by Gasteiger charge is -2.17. The standard InChI is InChI=1S/C14H24FN3/c1-17(2)10-8-16-9-11-18(3)12-13-4-6-14(15)7-5-13/h4-7,16H,8-12H2,1-3H3. The fraction of sp³-hybridized carbons (Fsp3) is 0.571. The zero-order valence-corrected chi connectivity index (χ0v) is 11.6. The van der Waals surface area contributed by atoms with Gasteiger partial charge in [-0.2, -0.15) is 0 Å². The molecule has 1 N–H and O–H groups in total. The van der Waals surface area contributed by atoms with E-state index in [9.17, 15) is 4.39 Å². The largest absolute Gasteiger partial charge is 0.314 e. The van der Waals surface area contributed by atoms with Gasteiger partial charge >= 0.3 is 0 Å². The summed E-state index contributed by atoms with van der Waals surface area (Å²) in [7, 11) is 6.22. The van der Waals surface area contributed by atoms with E-state index in [4.69, 9.17) is 0 Å². The second-order valence-corrected chi connectivity index (χ2v) is 4.92. The maximum absolute atomic E-state index is 12.7. The van der Waals surface area contributed by atoms with Crippen LogP contribution in [0.4, 0.5) is 4.39 Å². The van der Waals surface area contributed by atoms with Gasteiger partial charge in [0.25, 0.3) is 0 Å². The molecule has 102 valence electrons. The highest BCUT2D eigenvalue weighted by Crippen LogP contribution is 2.04. The number of rotatable bonds is 8. The molecule has 0 unspecified atom stereocenters. The van der Waals surface area contributed by atoms with E-state index in [-0.39, 0.29) is 5.82 Å². The van der Waals surface area contributed by atoms with Crippen molar-refractivity contribution in [1.82, 2.24) is 15.1 Å². The van der Waals surface area contributed by atoms with E-state index in [0.29, 0.717) is 0 Å². The summed E-state index contributed by atoms with van der Waals surface area (Å²) in [6, 6.07) is 6.70. The fourth-order valence-corrected chi connectivity index (χ4v) is 1.68. The Morgan fingerprint density at radius 1 is 1.00 bits per heavy atom. The summed E-state index contributed by atoms with van der Waals surface area (Å²) in [5, 5.41) is 3.40. The van der Waals surface area contributed by atoms with Crippen LogP contribution in [0.5, 0.6) is 0 Å². The van der Waals surface area contributed by atoms with E-state index < -0.39 is 0 Å². The van der Waals surface area contributed by atoms with Crippen LogP contribution in [0.2, 0.25) is 0 Å². The molecule has 0 bridgehead atoms. The van der Waals surface area contributed by atoms with Gasteiger partial charge in [0.15, 0.2) is 0 Å². The number of nitrogens with zero attached hydrogens (tertiary/aromatic N) is 2. The summed E-state index contributed by atoms with van der Waals surface area (Å²) in [6.07, 6.45) is 0. The third kappa shape index (κ3) is 6.69. The Hall–Kier alpha value is -0.970. The second kappa shape index (κ2) is 8.19. The highest BCUT2D eigenvalue weighted by molar-refractivity contribution is 5.15. The first-order valence-corrected chi connectivity index (χ1v) is 6.36. The quantitative estimate of drug-likeness (QED) is 0.707. The maximum atomic E-state index is 12.7. The van der Waals surface area contributed by atoms with Crippen LogP contribution in [0, 0.1) is 5.82 Å². The Morgan fingerprint density at radius 2 is 1.61 bits per heavy atom. The van der Waals surface area contributed by atoms with E-state index in [2.05, 4.69) is 36.3 Å². The fourth-order valence-electron chi connectivity index (χ4n) is 1.68. The van der Waals surface area contributed by atoms with Crippen LogP contribution in [0.25, 0.3) is 0 Å². The first kappa shape index (κ1) is 15.1. The summed E-state index contributed by atoms with van der Waals surface area (Å²) in [6.45, 7) is 4.89. The maximum Gasteiger partial charge on any atom is 0.123 e. The van der Waals surface area contributed by atoms with E-state index in [0.717, 1.165) is 38.3 Å². The third-order valence-corrected chi connectivity index (χ3v) is 2.77. The molecule has 1 aromatic rings. The monoisotopic (exact) mass is 253 g/mol. The lowest BCUT2D eigenvalue weighted by Crippen LogP contribution is -2.33. The molecule has 0 atom stereocenters. The van der Waals surface area contributed by atoms with Crippen molar-refractivity contribution in [3.63, 3.8) is 0 Å². The highest BCUT2D eigenvalue weighted by atomic mass is 19.1. The van der Waals surface area contributed by atoms with Crippen molar-refractivity contribution in [3.8, 4) is 0 Å². The molecular formula is C14H24FN3. The summed E-state index contributed by atoms with van der Waals surface area (Å²) in [4.78, 5) is 4.39. The topological polar surface area (TPSA) is 18.5 Å². The van der Waals surface area contributed by atoms with Gasteiger partial charge in [0.1, 0.15) is 5.82 Å². The molecule has 0 aliphatic carbocycles. The lowest BCUT2D eigenvalue weighted by atomic mass is 10.2. The van der Waals surface area contributed by atoms with Crippen molar-refractivity contribution in [2.75, 3.05) is 47.3 Å². The molecule has 0 spiro atoms. The minimum atomic E-state index is -0.174. The Bertz CT molecular complexity index is 324. The Labute approximate surface area is 110 Å². The predicted octanol–water partition coefficient (Wildman–Crippen LogP) is 1.41. The minimum absolute atomic E-state index is 0.174. The normalized spacial score (nSPS) is 11.4. The highest BCUT2D eigenvalue weighted by Gasteiger charge is 2.00. The smallest absolute Gasteiger partial charge is 0.123 e. The molecule has 0 saturated carbocycles. The van der Waals surface area contributed by atoms with Gasteiger partial charge in [-0.15, -0.1) is 0 Å². The zero-order valence-electron chi connectivity index (χ0n) is 11.6. The predicted molar refractivity (Wildman–Crippen MR) is 74.2 cm³/mol. The van der Waals surface area contributed by atoms with Crippen molar-refractivity contribution in [2.24, 2.45) is 0 Å². The average Bonchev–Trinajstić information content (AvgIpc) is 2.31. The molecule has 0 aliphatic rings. The molecule has 1 aromatic carbocycles. The number of nitrogens with one attached hydrogen (secondary N) is 1. The van der Waals surface area contributed by atoms with E-state index in [1.807, 2.05) is 12.1 Å². The first-order chi connectivity index (χ1) is 8.58. The lowest BCUT2D eigenvalue weighted by molar-refractivity contribution is 0.319. The van der Waals surface area contributed by atoms with E-state index in [1.165, 1.54) is 12.1 Å². The molecule has 1 rings (SSSR count). The summed E-state index contributed by atoms with van der Waals surface area (Å²) >= 11 is 0. The van der Waals surface area contributed by atoms with Crippen LogP contribution in [-0.2, 0) is 6.54 Å². The van der Waals surface area contributed by atoms with Crippen molar-refractivity contribution >= 4 is 0 Å². The van der Waals surface area contributed by atoms with Crippen LogP contribution in [0.15, 0.2) is 24.3 Å². The molecule has 0 amide bonds. The number of likely N-dealkylation sites (N-methyl/N-ethyl adjacent to an activating group) is 2. The van der Waals surface area contributed by atoms with Crippen LogP contribution in [0.1, 0.15) is 5.56 Å². The average molecular weight is 253 g/mol. The van der Waals surface area contributed by atoms with Gasteiger partial charge in [0.05, 0.1) is 0 Å². The van der Waals surface area contributed by atoms with Gasteiger partial charge in [0.2, 0.25) is 0 Å². The molecule has 3 nitrogen and oxygen atoms in total. The van der Waals surface area contributed by atoms with Gasteiger partial charge < -0.3 is 15.1 Å². The number of hydrogen-bond acceptors (Lipinski definition) is 3. The number of benzene rings is 1. The van der Waals surface area contributed by atoms with E-state index in [1.54, 1.807) is 0 Å². The van der Waals surface area contributed by atoms with Crippen LogP contribution < -0.4 is 5.32 Å². The van der Waals surface area contributed by atoms with Crippen LogP contribution in [-0.4, -0.2) is 57.1 Å². The van der Waals surface area contributed by atoms with Crippen molar-refractivity contribution < 1.29 is 4.39 Å². The number of halogens is 1. The van der Waals surface area contributed by atoms with Crippen LogP contribution >= 0.6 is 0 Å². The van der Waals surface area contributed by atoms with Crippen LogP contribution in [0.3, 0.4) is 0 Å². The minimum Gasteiger partial charge on any atom is -0.314 e. The molecule has 0 saturated heterocycles. The SMILES string of the molecule is CN(C)CCNCCN(C)Cc1ccc(F)cc1. The molecule has 0 fully saturated rings. The second-order valence-electron chi connectivity index (χ2n) is 4.92. The summed E-state index contributed by atoms with van der Waals surface area (Å²) in [5.41, 5.74) is 1.15. The summed E-state index contributed by atoms with van der Waals surface area (Å²) < 4.78 is 12.7. The summed E-state index contributed by atoms with van der Waals surface area (Å²) in [5.74, 6) is -0.174. The molecule has 18 heavy (non-hydrogen) atoms. The molecule has 0 radical (unpaired) electrons. The molecule has 0 heterocycles. The molecule has 0 aliphatic heterocycles. The van der Waals surface area contributed by atoms with Gasteiger partial charge in [-0.3, -0.25) is 0 Å². The third-order valence-electron chi connectivity index (χ3n) is 2.77. The molecule has 0 aromatic heterocycles. The van der Waals surface area contributed by atoms with Gasteiger partial charge in [0, 0.05) is 32.7 Å². The Morgan fingerprint density at radius 3 is 2.22 bits per heavy atom. The Balaban J connectivity index is 2.13. The van der Waals surface area contributed by atoms with Gasteiger partial charge in [-0.05, 0) is 38.8 Å². The van der Waals surface area contributed by atoms with Crippen molar-refractivity contribution in [1.29, 1.82) is 0 Å². The zero-order chi connectivity index (χ0) is 13.4. The molecule has 4 heteroatoms. The first-order valence-electron chi connectivity index (χ1n) is 6.36.